The van der Waals surface area contributed by atoms with E-state index in [2.05, 4.69) is 5.32 Å². The predicted molar refractivity (Wildman–Crippen MR) is 102 cm³/mol. The highest BCUT2D eigenvalue weighted by molar-refractivity contribution is 6.30. The molecule has 140 valence electrons. The molecule has 7 heteroatoms. The lowest BCUT2D eigenvalue weighted by atomic mass is 10.3. The normalized spacial score (nSPS) is 10.2. The molecule has 0 unspecified atom stereocenters. The lowest BCUT2D eigenvalue weighted by Gasteiger charge is -2.21. The van der Waals surface area contributed by atoms with Crippen molar-refractivity contribution in [3.8, 4) is 11.5 Å². The van der Waals surface area contributed by atoms with Gasteiger partial charge in [0.25, 0.3) is 0 Å². The van der Waals surface area contributed by atoms with Gasteiger partial charge in [0.05, 0.1) is 13.7 Å². The molecule has 0 aliphatic rings. The number of phenols is 1. The monoisotopic (exact) mass is 378 g/mol. The fourth-order valence-corrected chi connectivity index (χ4v) is 2.44. The predicted octanol–water partition coefficient (Wildman–Crippen LogP) is 4.00. The number of benzene rings is 2. The molecule has 0 fully saturated rings. The van der Waals surface area contributed by atoms with Gasteiger partial charge in [-0.15, -0.1) is 0 Å². The summed E-state index contributed by atoms with van der Waals surface area (Å²) >= 11 is 5.86. The zero-order valence-corrected chi connectivity index (χ0v) is 15.4. The van der Waals surface area contributed by atoms with Gasteiger partial charge in [-0.1, -0.05) is 11.6 Å². The van der Waals surface area contributed by atoms with E-state index >= 15 is 0 Å². The Labute approximate surface area is 158 Å². The minimum Gasteiger partial charge on any atom is -0.508 e. The maximum absolute atomic E-state index is 11.9. The summed E-state index contributed by atoms with van der Waals surface area (Å²) in [6.45, 7) is 2.08. The molecule has 0 heterocycles. The maximum Gasteiger partial charge on any atom is 0.409 e. The van der Waals surface area contributed by atoms with Crippen molar-refractivity contribution in [2.75, 3.05) is 38.7 Å². The molecular formula is C19H23ClN2O4. The minimum absolute atomic E-state index is 0.197. The fourth-order valence-electron chi connectivity index (χ4n) is 2.31. The van der Waals surface area contributed by atoms with E-state index in [1.807, 2.05) is 24.3 Å². The summed E-state index contributed by atoms with van der Waals surface area (Å²) in [6, 6.07) is 13.9. The number of amides is 1. The first-order valence-electron chi connectivity index (χ1n) is 8.32. The maximum atomic E-state index is 11.9. The number of carbonyl (C=O) groups is 1. The second-order valence-corrected chi connectivity index (χ2v) is 6.02. The molecule has 0 saturated heterocycles. The summed E-state index contributed by atoms with van der Waals surface area (Å²) in [5.74, 6) is 0.874. The zero-order chi connectivity index (χ0) is 18.8. The summed E-state index contributed by atoms with van der Waals surface area (Å²) in [4.78, 5) is 13.5. The summed E-state index contributed by atoms with van der Waals surface area (Å²) < 4.78 is 10.4. The Hall–Kier alpha value is -2.60. The van der Waals surface area contributed by atoms with E-state index in [4.69, 9.17) is 21.1 Å². The van der Waals surface area contributed by atoms with Gasteiger partial charge in [0.1, 0.15) is 11.5 Å². The highest BCUT2D eigenvalue weighted by atomic mass is 35.5. The first-order chi connectivity index (χ1) is 12.6. The summed E-state index contributed by atoms with van der Waals surface area (Å²) in [5.41, 5.74) is 0.940. The fraction of sp³-hybridized carbons (Fsp3) is 0.316. The van der Waals surface area contributed by atoms with Crippen LogP contribution in [-0.2, 0) is 4.74 Å². The minimum atomic E-state index is -0.368. The average molecular weight is 379 g/mol. The molecule has 2 rings (SSSR count). The van der Waals surface area contributed by atoms with Crippen molar-refractivity contribution in [3.63, 3.8) is 0 Å². The number of halogens is 1. The van der Waals surface area contributed by atoms with Gasteiger partial charge in [-0.25, -0.2) is 4.79 Å². The van der Waals surface area contributed by atoms with Crippen molar-refractivity contribution < 1.29 is 19.4 Å². The number of methoxy groups -OCH3 is 1. The van der Waals surface area contributed by atoms with Gasteiger partial charge in [-0.05, 0) is 55.0 Å². The number of hydrogen-bond acceptors (Lipinski definition) is 5. The van der Waals surface area contributed by atoms with Crippen LogP contribution in [0.3, 0.4) is 0 Å². The van der Waals surface area contributed by atoms with Crippen LogP contribution in [0.4, 0.5) is 10.5 Å². The van der Waals surface area contributed by atoms with Gasteiger partial charge in [-0.2, -0.15) is 0 Å². The van der Waals surface area contributed by atoms with E-state index in [1.165, 1.54) is 7.11 Å². The molecule has 2 aromatic rings. The number of ether oxygens (including phenoxy) is 2. The average Bonchev–Trinajstić information content (AvgIpc) is 2.66. The van der Waals surface area contributed by atoms with Crippen LogP contribution in [0.5, 0.6) is 11.5 Å². The molecule has 6 nitrogen and oxygen atoms in total. The van der Waals surface area contributed by atoms with Crippen LogP contribution in [0, 0.1) is 0 Å². The zero-order valence-electron chi connectivity index (χ0n) is 14.7. The van der Waals surface area contributed by atoms with E-state index in [0.717, 1.165) is 5.69 Å². The number of phenolic OH excluding ortho intramolecular Hbond substituents is 1. The van der Waals surface area contributed by atoms with Crippen molar-refractivity contribution in [3.05, 3.63) is 53.6 Å². The molecule has 0 saturated carbocycles. The van der Waals surface area contributed by atoms with Crippen LogP contribution in [0.2, 0.25) is 5.02 Å². The van der Waals surface area contributed by atoms with E-state index in [0.29, 0.717) is 43.4 Å². The molecule has 0 atom stereocenters. The number of hydrogen-bond donors (Lipinski definition) is 2. The van der Waals surface area contributed by atoms with Crippen LogP contribution in [0.15, 0.2) is 48.5 Å². The first kappa shape index (κ1) is 19.7. The topological polar surface area (TPSA) is 71.0 Å². The summed E-state index contributed by atoms with van der Waals surface area (Å²) in [7, 11) is 1.37. The Kier molecular flexibility index (Phi) is 7.89. The number of aromatic hydroxyl groups is 1. The summed E-state index contributed by atoms with van der Waals surface area (Å²) in [6.07, 6.45) is 0.296. The van der Waals surface area contributed by atoms with Crippen LogP contribution in [-0.4, -0.2) is 49.5 Å². The first-order valence-corrected chi connectivity index (χ1v) is 8.70. The largest absolute Gasteiger partial charge is 0.508 e. The van der Waals surface area contributed by atoms with Crippen molar-refractivity contribution >= 4 is 23.4 Å². The smallest absolute Gasteiger partial charge is 0.409 e. The third-order valence-electron chi connectivity index (χ3n) is 3.67. The third kappa shape index (κ3) is 6.72. The van der Waals surface area contributed by atoms with Crippen LogP contribution in [0.1, 0.15) is 6.42 Å². The standard InChI is InChI=1S/C19H23ClN2O4/c1-25-19(24)22(13-11-21-16-5-3-15(20)4-6-16)12-2-14-26-18-9-7-17(23)8-10-18/h3-10,21,23H,2,11-14H2,1H3. The van der Waals surface area contributed by atoms with E-state index in [1.54, 1.807) is 29.2 Å². The second-order valence-electron chi connectivity index (χ2n) is 5.59. The van der Waals surface area contributed by atoms with Crippen molar-refractivity contribution in [2.24, 2.45) is 0 Å². The number of rotatable bonds is 9. The highest BCUT2D eigenvalue weighted by Gasteiger charge is 2.13. The van der Waals surface area contributed by atoms with Crippen LogP contribution in [0.25, 0.3) is 0 Å². The van der Waals surface area contributed by atoms with Gasteiger partial charge in [0.2, 0.25) is 0 Å². The Bertz CT molecular complexity index is 677. The molecule has 0 spiro atoms. The van der Waals surface area contributed by atoms with Gasteiger partial charge < -0.3 is 24.8 Å². The number of carbonyl (C=O) groups excluding carboxylic acids is 1. The number of nitrogens with one attached hydrogen (secondary N) is 1. The van der Waals surface area contributed by atoms with E-state index in [9.17, 15) is 9.90 Å². The van der Waals surface area contributed by atoms with Gasteiger partial charge in [0, 0.05) is 30.3 Å². The number of anilines is 1. The van der Waals surface area contributed by atoms with Crippen molar-refractivity contribution in [1.29, 1.82) is 0 Å². The lowest BCUT2D eigenvalue weighted by Crippen LogP contribution is -2.36. The Morgan fingerprint density at radius 2 is 1.81 bits per heavy atom. The Balaban J connectivity index is 1.72. The van der Waals surface area contributed by atoms with Crippen molar-refractivity contribution in [1.82, 2.24) is 4.90 Å². The molecule has 1 amide bonds. The second kappa shape index (κ2) is 10.4. The molecule has 2 aromatic carbocycles. The lowest BCUT2D eigenvalue weighted by molar-refractivity contribution is 0.122. The SMILES string of the molecule is COC(=O)N(CCCOc1ccc(O)cc1)CCNc1ccc(Cl)cc1. The summed E-state index contributed by atoms with van der Waals surface area (Å²) in [5, 5.41) is 13.2. The molecular weight excluding hydrogens is 356 g/mol. The van der Waals surface area contributed by atoms with Gasteiger partial charge >= 0.3 is 6.09 Å². The highest BCUT2D eigenvalue weighted by Crippen LogP contribution is 2.16. The molecule has 0 aromatic heterocycles. The quantitative estimate of drug-likeness (QED) is 0.645. The van der Waals surface area contributed by atoms with E-state index in [-0.39, 0.29) is 11.8 Å². The Morgan fingerprint density at radius 1 is 1.12 bits per heavy atom. The molecule has 0 aliphatic carbocycles. The molecule has 26 heavy (non-hydrogen) atoms. The molecule has 0 bridgehead atoms. The van der Waals surface area contributed by atoms with Crippen LogP contribution < -0.4 is 10.1 Å². The van der Waals surface area contributed by atoms with E-state index < -0.39 is 0 Å². The molecule has 0 aliphatic heterocycles. The molecule has 0 radical (unpaired) electrons. The van der Waals surface area contributed by atoms with Crippen molar-refractivity contribution in [2.45, 2.75) is 6.42 Å². The number of nitrogens with zero attached hydrogens (tertiary/aromatic N) is 1. The molecule has 2 N–H and O–H groups in total. The van der Waals surface area contributed by atoms with Gasteiger partial charge in [-0.3, -0.25) is 0 Å². The third-order valence-corrected chi connectivity index (χ3v) is 3.92. The van der Waals surface area contributed by atoms with Crippen LogP contribution >= 0.6 is 11.6 Å². The van der Waals surface area contributed by atoms with Gasteiger partial charge in [0.15, 0.2) is 0 Å². The Morgan fingerprint density at radius 3 is 2.46 bits per heavy atom.